The predicted octanol–water partition coefficient (Wildman–Crippen LogP) is 6.40. The Bertz CT molecular complexity index is 761. The number of pyridine rings is 1. The second-order valence-electron chi connectivity index (χ2n) is 11.3. The van der Waals surface area contributed by atoms with Crippen molar-refractivity contribution in [1.29, 1.82) is 0 Å². The molecule has 3 aliphatic rings. The summed E-state index contributed by atoms with van der Waals surface area (Å²) in [6, 6.07) is 3.89. The van der Waals surface area contributed by atoms with Gasteiger partial charge in [0.25, 0.3) is 0 Å². The van der Waals surface area contributed by atoms with Gasteiger partial charge in [-0.3, -0.25) is 4.98 Å². The molecule has 4 nitrogen and oxygen atoms in total. The van der Waals surface area contributed by atoms with E-state index in [2.05, 4.69) is 32.3 Å². The van der Waals surface area contributed by atoms with Crippen LogP contribution in [0.25, 0.3) is 0 Å². The minimum Gasteiger partial charge on any atom is -0.492 e. The van der Waals surface area contributed by atoms with Gasteiger partial charge in [0.1, 0.15) is 5.75 Å². The van der Waals surface area contributed by atoms with E-state index in [1.165, 1.54) is 37.7 Å². The summed E-state index contributed by atoms with van der Waals surface area (Å²) in [5, 5.41) is 10.7. The van der Waals surface area contributed by atoms with Crippen LogP contribution in [0.1, 0.15) is 78.6 Å². The van der Waals surface area contributed by atoms with Crippen LogP contribution in [0.4, 0.5) is 0 Å². The molecule has 1 aromatic rings. The lowest BCUT2D eigenvalue weighted by atomic mass is 9.44. The van der Waals surface area contributed by atoms with Crippen molar-refractivity contribution in [3.05, 3.63) is 36.7 Å². The molecule has 3 aliphatic carbocycles. The summed E-state index contributed by atoms with van der Waals surface area (Å²) in [5.41, 5.74) is 1.68. The number of hydrogen-bond acceptors (Lipinski definition) is 4. The Morgan fingerprint density at radius 2 is 2.00 bits per heavy atom. The normalized spacial score (nSPS) is 36.6. The van der Waals surface area contributed by atoms with Crippen LogP contribution in [-0.2, 0) is 4.74 Å². The molecular formula is C28H43NO3. The first-order chi connectivity index (χ1) is 15.3. The van der Waals surface area contributed by atoms with E-state index >= 15 is 0 Å². The molecule has 0 bridgehead atoms. The van der Waals surface area contributed by atoms with Crippen LogP contribution in [0.15, 0.2) is 36.7 Å². The van der Waals surface area contributed by atoms with Crippen molar-refractivity contribution in [1.82, 2.24) is 4.98 Å². The fourth-order valence-corrected chi connectivity index (χ4v) is 7.32. The molecule has 3 fully saturated rings. The first-order valence-electron chi connectivity index (χ1n) is 12.8. The zero-order chi connectivity index (χ0) is 22.8. The van der Waals surface area contributed by atoms with Crippen molar-refractivity contribution >= 4 is 0 Å². The topological polar surface area (TPSA) is 51.6 Å². The lowest BCUT2D eigenvalue weighted by molar-refractivity contribution is -0.193. The van der Waals surface area contributed by atoms with Gasteiger partial charge in [-0.1, -0.05) is 45.8 Å². The number of aliphatic hydroxyl groups is 1. The number of fused-ring (bicyclic) bond motifs is 1. The molecule has 178 valence electrons. The molecule has 0 radical (unpaired) electrons. The molecule has 1 heterocycles. The first-order valence-corrected chi connectivity index (χ1v) is 12.8. The van der Waals surface area contributed by atoms with Crippen molar-refractivity contribution in [2.45, 2.75) is 84.8 Å². The molecule has 0 aromatic carbocycles. The van der Waals surface area contributed by atoms with Gasteiger partial charge in [0.05, 0.1) is 19.4 Å². The van der Waals surface area contributed by atoms with Gasteiger partial charge in [-0.2, -0.15) is 0 Å². The fraction of sp³-hybridized carbons (Fsp3) is 0.750. The molecule has 4 heteroatoms. The highest BCUT2D eigenvalue weighted by Gasteiger charge is 2.57. The van der Waals surface area contributed by atoms with E-state index in [4.69, 9.17) is 9.47 Å². The third-order valence-corrected chi connectivity index (χ3v) is 9.55. The number of aliphatic hydroxyl groups excluding tert-OH is 1. The average molecular weight is 442 g/mol. The smallest absolute Gasteiger partial charge is 0.157 e. The zero-order valence-electron chi connectivity index (χ0n) is 20.4. The lowest BCUT2D eigenvalue weighted by Crippen LogP contribution is -2.55. The van der Waals surface area contributed by atoms with Crippen molar-refractivity contribution in [3.63, 3.8) is 0 Å². The van der Waals surface area contributed by atoms with Gasteiger partial charge in [0.2, 0.25) is 0 Å². The summed E-state index contributed by atoms with van der Waals surface area (Å²) >= 11 is 0. The quantitative estimate of drug-likeness (QED) is 0.374. The Morgan fingerprint density at radius 3 is 2.72 bits per heavy atom. The second kappa shape index (κ2) is 9.85. The van der Waals surface area contributed by atoms with Gasteiger partial charge in [0.15, 0.2) is 6.29 Å². The van der Waals surface area contributed by atoms with Crippen LogP contribution in [0, 0.1) is 34.5 Å². The Hall–Kier alpha value is -1.39. The summed E-state index contributed by atoms with van der Waals surface area (Å²) in [5.74, 6) is 2.79. The maximum Gasteiger partial charge on any atom is 0.157 e. The SMILES string of the molecule is C=C1CCC2[C@](C)(CO[C@H](O)C3CCCC3)[C@H](C)CC[C@@]2(C)[C@@H]1CCOc1cccnc1. The van der Waals surface area contributed by atoms with Crippen molar-refractivity contribution in [2.24, 2.45) is 34.5 Å². The Balaban J connectivity index is 1.45. The van der Waals surface area contributed by atoms with Crippen LogP contribution in [0.2, 0.25) is 0 Å². The van der Waals surface area contributed by atoms with Gasteiger partial charge in [0, 0.05) is 12.1 Å². The number of rotatable bonds is 8. The summed E-state index contributed by atoms with van der Waals surface area (Å²) in [4.78, 5) is 4.16. The third-order valence-electron chi connectivity index (χ3n) is 9.55. The van der Waals surface area contributed by atoms with E-state index < -0.39 is 6.29 Å². The molecule has 1 unspecified atom stereocenters. The number of nitrogens with zero attached hydrogens (tertiary/aromatic N) is 1. The minimum atomic E-state index is -0.600. The van der Waals surface area contributed by atoms with Gasteiger partial charge in [-0.05, 0) is 85.7 Å². The molecule has 0 aliphatic heterocycles. The zero-order valence-corrected chi connectivity index (χ0v) is 20.4. The maximum atomic E-state index is 10.7. The van der Waals surface area contributed by atoms with E-state index in [0.717, 1.165) is 31.4 Å². The number of hydrogen-bond donors (Lipinski definition) is 1. The molecule has 0 amide bonds. The highest BCUT2D eigenvalue weighted by atomic mass is 16.6. The van der Waals surface area contributed by atoms with Crippen LogP contribution in [0.5, 0.6) is 5.75 Å². The predicted molar refractivity (Wildman–Crippen MR) is 128 cm³/mol. The molecule has 0 spiro atoms. The van der Waals surface area contributed by atoms with E-state index in [1.54, 1.807) is 12.4 Å². The first kappa shape index (κ1) is 23.8. The van der Waals surface area contributed by atoms with E-state index in [9.17, 15) is 5.11 Å². The van der Waals surface area contributed by atoms with E-state index in [-0.39, 0.29) is 10.8 Å². The van der Waals surface area contributed by atoms with Gasteiger partial charge < -0.3 is 14.6 Å². The van der Waals surface area contributed by atoms with Crippen LogP contribution in [0.3, 0.4) is 0 Å². The molecule has 1 aromatic heterocycles. The van der Waals surface area contributed by atoms with Gasteiger partial charge in [-0.15, -0.1) is 0 Å². The van der Waals surface area contributed by atoms with E-state index in [0.29, 0.717) is 36.9 Å². The summed E-state index contributed by atoms with van der Waals surface area (Å²) in [7, 11) is 0. The Labute approximate surface area is 194 Å². The van der Waals surface area contributed by atoms with Crippen LogP contribution < -0.4 is 4.74 Å². The van der Waals surface area contributed by atoms with E-state index in [1.807, 2.05) is 12.1 Å². The second-order valence-corrected chi connectivity index (χ2v) is 11.3. The lowest BCUT2D eigenvalue weighted by Gasteiger charge is -2.61. The molecule has 4 rings (SSSR count). The summed E-state index contributed by atoms with van der Waals surface area (Å²) in [6.45, 7) is 13.2. The summed E-state index contributed by atoms with van der Waals surface area (Å²) < 4.78 is 12.3. The molecule has 3 saturated carbocycles. The molecule has 32 heavy (non-hydrogen) atoms. The van der Waals surface area contributed by atoms with Crippen molar-refractivity contribution in [3.8, 4) is 5.75 Å². The maximum absolute atomic E-state index is 10.7. The third kappa shape index (κ3) is 4.63. The fourth-order valence-electron chi connectivity index (χ4n) is 7.32. The van der Waals surface area contributed by atoms with Crippen LogP contribution >= 0.6 is 0 Å². The number of aromatic nitrogens is 1. The minimum absolute atomic E-state index is 0.0791. The molecule has 6 atom stereocenters. The molecular weight excluding hydrogens is 398 g/mol. The van der Waals surface area contributed by atoms with Crippen molar-refractivity contribution < 1.29 is 14.6 Å². The monoisotopic (exact) mass is 441 g/mol. The van der Waals surface area contributed by atoms with Gasteiger partial charge >= 0.3 is 0 Å². The Morgan fingerprint density at radius 1 is 1.22 bits per heavy atom. The molecule has 0 saturated heterocycles. The summed E-state index contributed by atoms with van der Waals surface area (Å²) in [6.07, 6.45) is 13.3. The standard InChI is InChI=1S/C28H43NO3/c1-20-11-12-25-27(3,24(20)14-17-31-23-10-7-16-29-18-23)15-13-21(2)28(25,4)19-32-26(30)22-8-5-6-9-22/h7,10,16,18,21-22,24-26,30H,1,5-6,8-9,11-15,17,19H2,2-4H3/t21-,24-,25?,26+,27+,28-/m1/s1. The van der Waals surface area contributed by atoms with Gasteiger partial charge in [-0.25, -0.2) is 0 Å². The van der Waals surface area contributed by atoms with Crippen molar-refractivity contribution in [2.75, 3.05) is 13.2 Å². The Kier molecular flexibility index (Phi) is 7.31. The average Bonchev–Trinajstić information content (AvgIpc) is 3.33. The number of allylic oxidation sites excluding steroid dienone is 1. The van der Waals surface area contributed by atoms with Crippen LogP contribution in [-0.4, -0.2) is 29.6 Å². The highest BCUT2D eigenvalue weighted by molar-refractivity contribution is 5.18. The largest absolute Gasteiger partial charge is 0.492 e. The highest BCUT2D eigenvalue weighted by Crippen LogP contribution is 2.63. The molecule has 1 N–H and O–H groups in total. The number of ether oxygens (including phenoxy) is 2.